The fourth-order valence-corrected chi connectivity index (χ4v) is 3.72. The van der Waals surface area contributed by atoms with Crippen molar-refractivity contribution in [3.8, 4) is 0 Å². The number of amides is 2. The molecule has 0 aliphatic carbocycles. The van der Waals surface area contributed by atoms with Crippen molar-refractivity contribution in [1.29, 1.82) is 0 Å². The average Bonchev–Trinajstić information content (AvgIpc) is 3.00. The highest BCUT2D eigenvalue weighted by Crippen LogP contribution is 2.32. The van der Waals surface area contributed by atoms with Gasteiger partial charge in [-0.2, -0.15) is 0 Å². The predicted octanol–water partition coefficient (Wildman–Crippen LogP) is 1.84. The molecule has 102 valence electrons. The second-order valence-electron chi connectivity index (χ2n) is 5.23. The molecule has 0 saturated carbocycles. The lowest BCUT2D eigenvalue weighted by molar-refractivity contribution is -0.0575. The molecule has 2 aromatic rings. The number of nitrogens with one attached hydrogen (secondary N) is 1. The molecule has 20 heavy (non-hydrogen) atoms. The van der Waals surface area contributed by atoms with Crippen molar-refractivity contribution in [2.75, 3.05) is 19.6 Å². The highest BCUT2D eigenvalue weighted by atomic mass is 32.1. The molecular weight excluding hydrogens is 276 g/mol. The molecular formula is C14H12N2O3S. The van der Waals surface area contributed by atoms with Gasteiger partial charge in [0.15, 0.2) is 5.60 Å². The molecule has 1 aromatic heterocycles. The number of rotatable bonds is 1. The zero-order valence-corrected chi connectivity index (χ0v) is 11.4. The summed E-state index contributed by atoms with van der Waals surface area (Å²) in [5.41, 5.74) is 0.233. The maximum absolute atomic E-state index is 12.5. The highest BCUT2D eigenvalue weighted by Gasteiger charge is 2.52. The molecule has 2 amide bonds. The largest absolute Gasteiger partial charge is 0.437 e. The third-order valence-electron chi connectivity index (χ3n) is 3.82. The maximum Gasteiger partial charge on any atom is 0.408 e. The van der Waals surface area contributed by atoms with E-state index < -0.39 is 11.7 Å². The normalized spacial score (nSPS) is 19.8. The summed E-state index contributed by atoms with van der Waals surface area (Å²) in [7, 11) is 0. The molecule has 6 heteroatoms. The number of carbonyl (C=O) groups is 2. The zero-order valence-electron chi connectivity index (χ0n) is 10.6. The van der Waals surface area contributed by atoms with Crippen molar-refractivity contribution in [3.05, 3.63) is 35.2 Å². The summed E-state index contributed by atoms with van der Waals surface area (Å²) in [6.07, 6.45) is -0.391. The Morgan fingerprint density at radius 2 is 2.15 bits per heavy atom. The smallest absolute Gasteiger partial charge is 0.408 e. The van der Waals surface area contributed by atoms with Crippen LogP contribution in [0.4, 0.5) is 4.79 Å². The minimum absolute atomic E-state index is 0.0102. The van der Waals surface area contributed by atoms with Crippen LogP contribution in [-0.2, 0) is 4.74 Å². The average molecular weight is 288 g/mol. The molecule has 2 saturated heterocycles. The van der Waals surface area contributed by atoms with Crippen LogP contribution in [-0.4, -0.2) is 42.1 Å². The molecule has 1 aromatic carbocycles. The van der Waals surface area contributed by atoms with Gasteiger partial charge >= 0.3 is 6.09 Å². The predicted molar refractivity (Wildman–Crippen MR) is 74.9 cm³/mol. The van der Waals surface area contributed by atoms with Crippen LogP contribution in [0, 0.1) is 0 Å². The first-order valence-electron chi connectivity index (χ1n) is 6.39. The summed E-state index contributed by atoms with van der Waals surface area (Å²) in [5.74, 6) is 0.0102. The number of thiophene rings is 1. The van der Waals surface area contributed by atoms with Gasteiger partial charge in [-0.1, -0.05) is 18.2 Å². The SMILES string of the molecule is O=C1NCC2(CN(C(=O)c3csc4ccccc34)C2)O1. The van der Waals surface area contributed by atoms with Crippen molar-refractivity contribution >= 4 is 33.4 Å². The van der Waals surface area contributed by atoms with Crippen molar-refractivity contribution in [2.24, 2.45) is 0 Å². The fourth-order valence-electron chi connectivity index (χ4n) is 2.79. The van der Waals surface area contributed by atoms with Crippen LogP contribution in [0.3, 0.4) is 0 Å². The number of hydrogen-bond donors (Lipinski definition) is 1. The van der Waals surface area contributed by atoms with Crippen molar-refractivity contribution in [3.63, 3.8) is 0 Å². The van der Waals surface area contributed by atoms with Crippen LogP contribution in [0.1, 0.15) is 10.4 Å². The van der Waals surface area contributed by atoms with Gasteiger partial charge in [0, 0.05) is 15.5 Å². The summed E-state index contributed by atoms with van der Waals surface area (Å²) in [4.78, 5) is 25.3. The Labute approximate surface area is 119 Å². The zero-order chi connectivity index (χ0) is 13.7. The van der Waals surface area contributed by atoms with E-state index in [1.54, 1.807) is 16.2 Å². The number of likely N-dealkylation sites (tertiary alicyclic amines) is 1. The van der Waals surface area contributed by atoms with Crippen LogP contribution < -0.4 is 5.32 Å². The molecule has 1 N–H and O–H groups in total. The molecule has 0 unspecified atom stereocenters. The Hall–Kier alpha value is -2.08. The van der Waals surface area contributed by atoms with Crippen LogP contribution in [0.5, 0.6) is 0 Å². The van der Waals surface area contributed by atoms with E-state index in [0.29, 0.717) is 19.6 Å². The third kappa shape index (κ3) is 1.61. The van der Waals surface area contributed by atoms with E-state index in [9.17, 15) is 9.59 Å². The lowest BCUT2D eigenvalue weighted by atomic mass is 9.93. The van der Waals surface area contributed by atoms with E-state index in [1.807, 2.05) is 29.6 Å². The number of benzene rings is 1. The van der Waals surface area contributed by atoms with E-state index in [0.717, 1.165) is 15.6 Å². The lowest BCUT2D eigenvalue weighted by Crippen LogP contribution is -2.65. The minimum Gasteiger partial charge on any atom is -0.437 e. The molecule has 1 spiro atoms. The molecule has 0 atom stereocenters. The second kappa shape index (κ2) is 3.96. The number of nitrogens with zero attached hydrogens (tertiary/aromatic N) is 1. The first-order valence-corrected chi connectivity index (χ1v) is 7.27. The van der Waals surface area contributed by atoms with Crippen molar-refractivity contribution in [1.82, 2.24) is 10.2 Å². The molecule has 4 rings (SSSR count). The van der Waals surface area contributed by atoms with Crippen LogP contribution in [0.2, 0.25) is 0 Å². The molecule has 5 nitrogen and oxygen atoms in total. The summed E-state index contributed by atoms with van der Waals surface area (Å²) in [6.45, 7) is 1.42. The van der Waals surface area contributed by atoms with Crippen LogP contribution in [0.15, 0.2) is 29.6 Å². The molecule has 2 aliphatic heterocycles. The summed E-state index contributed by atoms with van der Waals surface area (Å²) in [5, 5.41) is 5.53. The van der Waals surface area contributed by atoms with E-state index in [4.69, 9.17) is 4.74 Å². The van der Waals surface area contributed by atoms with Gasteiger partial charge in [-0.15, -0.1) is 11.3 Å². The maximum atomic E-state index is 12.5. The number of ether oxygens (including phenoxy) is 1. The standard InChI is InChI=1S/C14H12N2O3S/c17-12(10-5-20-11-4-2-1-3-9(10)11)16-7-14(8-16)6-15-13(18)19-14/h1-5H,6-8H2,(H,15,18). The Bertz CT molecular complexity index is 718. The first-order chi connectivity index (χ1) is 9.67. The Kier molecular flexibility index (Phi) is 2.32. The minimum atomic E-state index is -0.501. The van der Waals surface area contributed by atoms with Gasteiger partial charge in [0.05, 0.1) is 25.2 Å². The van der Waals surface area contributed by atoms with Gasteiger partial charge in [0.1, 0.15) is 0 Å². The molecule has 2 fully saturated rings. The van der Waals surface area contributed by atoms with E-state index in [1.165, 1.54) is 0 Å². The third-order valence-corrected chi connectivity index (χ3v) is 4.78. The van der Waals surface area contributed by atoms with E-state index in [2.05, 4.69) is 5.32 Å². The van der Waals surface area contributed by atoms with Crippen LogP contribution in [0.25, 0.3) is 10.1 Å². The first kappa shape index (κ1) is 11.7. The Morgan fingerprint density at radius 1 is 1.35 bits per heavy atom. The monoisotopic (exact) mass is 288 g/mol. The van der Waals surface area contributed by atoms with Gasteiger partial charge in [0.25, 0.3) is 5.91 Å². The van der Waals surface area contributed by atoms with Gasteiger partial charge in [-0.05, 0) is 6.07 Å². The number of hydrogen-bond acceptors (Lipinski definition) is 4. The lowest BCUT2D eigenvalue weighted by Gasteiger charge is -2.45. The van der Waals surface area contributed by atoms with Gasteiger partial charge < -0.3 is 15.0 Å². The number of alkyl carbamates (subject to hydrolysis) is 1. The molecule has 2 aliphatic rings. The highest BCUT2D eigenvalue weighted by molar-refractivity contribution is 7.17. The molecule has 3 heterocycles. The van der Waals surface area contributed by atoms with Gasteiger partial charge in [-0.3, -0.25) is 4.79 Å². The quantitative estimate of drug-likeness (QED) is 0.871. The summed E-state index contributed by atoms with van der Waals surface area (Å²) >= 11 is 1.57. The van der Waals surface area contributed by atoms with Crippen LogP contribution >= 0.6 is 11.3 Å². The van der Waals surface area contributed by atoms with Gasteiger partial charge in [0.2, 0.25) is 0 Å². The van der Waals surface area contributed by atoms with Crippen molar-refractivity contribution in [2.45, 2.75) is 5.60 Å². The Balaban J connectivity index is 1.56. The van der Waals surface area contributed by atoms with E-state index >= 15 is 0 Å². The number of carbonyl (C=O) groups excluding carboxylic acids is 2. The fraction of sp³-hybridized carbons (Fsp3) is 0.286. The topological polar surface area (TPSA) is 58.6 Å². The summed E-state index contributed by atoms with van der Waals surface area (Å²) < 4.78 is 6.34. The van der Waals surface area contributed by atoms with Crippen molar-refractivity contribution < 1.29 is 14.3 Å². The second-order valence-corrected chi connectivity index (χ2v) is 6.14. The number of fused-ring (bicyclic) bond motifs is 1. The van der Waals surface area contributed by atoms with E-state index in [-0.39, 0.29) is 5.91 Å². The Morgan fingerprint density at radius 3 is 2.90 bits per heavy atom. The van der Waals surface area contributed by atoms with Gasteiger partial charge in [-0.25, -0.2) is 4.79 Å². The molecule has 0 radical (unpaired) electrons. The molecule has 0 bridgehead atoms. The summed E-state index contributed by atoms with van der Waals surface area (Å²) in [6, 6.07) is 7.88.